The fraction of sp³-hybridized carbons (Fsp3) is 0.111. The Morgan fingerprint density at radius 2 is 1.96 bits per heavy atom. The van der Waals surface area contributed by atoms with Gasteiger partial charge in [0.1, 0.15) is 22.5 Å². The lowest BCUT2D eigenvalue weighted by atomic mass is 10.2. The Hall–Kier alpha value is -2.44. The van der Waals surface area contributed by atoms with Crippen LogP contribution in [0.5, 0.6) is 0 Å². The number of pyridine rings is 1. The van der Waals surface area contributed by atoms with Crippen LogP contribution in [0.25, 0.3) is 0 Å². The molecule has 26 heavy (non-hydrogen) atoms. The Morgan fingerprint density at radius 3 is 2.54 bits per heavy atom. The second-order valence-electron chi connectivity index (χ2n) is 5.54. The Kier molecular flexibility index (Phi) is 5.25. The number of carbonyl (C=O) groups is 1. The number of amides is 1. The Morgan fingerprint density at radius 1 is 1.19 bits per heavy atom. The van der Waals surface area contributed by atoms with Gasteiger partial charge in [-0.1, -0.05) is 29.3 Å². The standard InChI is InChI=1S/C18H13Cl2F2N3O/c1-24-16(9-13(19)17(24)20)18(26)25(10-12-4-2-3-7-23-12)15-6-5-11(21)8-14(15)22/h2-9H,10H2,1H3. The summed E-state index contributed by atoms with van der Waals surface area (Å²) >= 11 is 12.0. The van der Waals surface area contributed by atoms with E-state index in [2.05, 4.69) is 4.98 Å². The van der Waals surface area contributed by atoms with E-state index in [0.29, 0.717) is 5.69 Å². The molecule has 1 amide bonds. The van der Waals surface area contributed by atoms with Crippen LogP contribution >= 0.6 is 23.2 Å². The van der Waals surface area contributed by atoms with Crippen molar-refractivity contribution >= 4 is 34.8 Å². The van der Waals surface area contributed by atoms with Crippen molar-refractivity contribution in [3.8, 4) is 0 Å². The van der Waals surface area contributed by atoms with E-state index >= 15 is 0 Å². The third-order valence-electron chi connectivity index (χ3n) is 3.83. The molecule has 0 saturated heterocycles. The minimum Gasteiger partial charge on any atom is -0.329 e. The quantitative estimate of drug-likeness (QED) is 0.632. The SMILES string of the molecule is Cn1c(C(=O)N(Cc2ccccn2)c2ccc(F)cc2F)cc(Cl)c1Cl. The minimum atomic E-state index is -0.860. The molecule has 0 radical (unpaired) electrons. The van der Waals surface area contributed by atoms with Crippen LogP contribution in [0, 0.1) is 11.6 Å². The predicted molar refractivity (Wildman–Crippen MR) is 96.5 cm³/mol. The largest absolute Gasteiger partial charge is 0.329 e. The number of aromatic nitrogens is 2. The molecule has 134 valence electrons. The first-order chi connectivity index (χ1) is 12.4. The molecule has 0 spiro atoms. The van der Waals surface area contributed by atoms with Crippen LogP contribution in [0.2, 0.25) is 10.2 Å². The molecule has 0 fully saturated rings. The lowest BCUT2D eigenvalue weighted by molar-refractivity contribution is 0.0976. The predicted octanol–water partition coefficient (Wildman–Crippen LogP) is 4.85. The zero-order valence-electron chi connectivity index (χ0n) is 13.6. The first-order valence-corrected chi connectivity index (χ1v) is 8.31. The molecule has 4 nitrogen and oxygen atoms in total. The highest BCUT2D eigenvalue weighted by Gasteiger charge is 2.25. The summed E-state index contributed by atoms with van der Waals surface area (Å²) in [5, 5.41) is 0.391. The van der Waals surface area contributed by atoms with Crippen LogP contribution in [0.1, 0.15) is 16.2 Å². The molecule has 3 aromatic rings. The van der Waals surface area contributed by atoms with Crippen molar-refractivity contribution in [2.24, 2.45) is 7.05 Å². The fourth-order valence-electron chi connectivity index (χ4n) is 2.51. The maximum Gasteiger partial charge on any atom is 0.275 e. The van der Waals surface area contributed by atoms with Crippen molar-refractivity contribution in [1.82, 2.24) is 9.55 Å². The highest BCUT2D eigenvalue weighted by Crippen LogP contribution is 2.29. The summed E-state index contributed by atoms with van der Waals surface area (Å²) in [7, 11) is 1.57. The lowest BCUT2D eigenvalue weighted by Crippen LogP contribution is -2.33. The third-order valence-corrected chi connectivity index (χ3v) is 4.67. The Labute approximate surface area is 158 Å². The van der Waals surface area contributed by atoms with E-state index in [9.17, 15) is 13.6 Å². The molecule has 0 aliphatic carbocycles. The van der Waals surface area contributed by atoms with Gasteiger partial charge in [-0.2, -0.15) is 0 Å². The maximum atomic E-state index is 14.4. The van der Waals surface area contributed by atoms with Crippen LogP contribution in [-0.4, -0.2) is 15.5 Å². The van der Waals surface area contributed by atoms with Gasteiger partial charge in [0.05, 0.1) is 22.9 Å². The van der Waals surface area contributed by atoms with E-state index in [0.717, 1.165) is 12.1 Å². The maximum absolute atomic E-state index is 14.4. The zero-order chi connectivity index (χ0) is 18.8. The summed E-state index contributed by atoms with van der Waals surface area (Å²) < 4.78 is 29.0. The van der Waals surface area contributed by atoms with Gasteiger partial charge in [-0.15, -0.1) is 0 Å². The molecule has 0 saturated carbocycles. The average molecular weight is 396 g/mol. The van der Waals surface area contributed by atoms with Crippen molar-refractivity contribution in [3.05, 3.63) is 81.9 Å². The second kappa shape index (κ2) is 7.43. The number of hydrogen-bond acceptors (Lipinski definition) is 2. The molecule has 2 heterocycles. The fourth-order valence-corrected chi connectivity index (χ4v) is 2.88. The monoisotopic (exact) mass is 395 g/mol. The lowest BCUT2D eigenvalue weighted by Gasteiger charge is -2.23. The summed E-state index contributed by atoms with van der Waals surface area (Å²) in [4.78, 5) is 18.4. The van der Waals surface area contributed by atoms with Crippen molar-refractivity contribution in [2.75, 3.05) is 4.90 Å². The van der Waals surface area contributed by atoms with E-state index < -0.39 is 17.5 Å². The summed E-state index contributed by atoms with van der Waals surface area (Å²) in [6.07, 6.45) is 1.56. The molecule has 0 unspecified atom stereocenters. The first kappa shape index (κ1) is 18.4. The van der Waals surface area contributed by atoms with E-state index in [-0.39, 0.29) is 28.1 Å². The number of nitrogens with zero attached hydrogens (tertiary/aromatic N) is 3. The topological polar surface area (TPSA) is 38.1 Å². The molecular weight excluding hydrogens is 383 g/mol. The summed E-state index contributed by atoms with van der Waals surface area (Å²) in [5.74, 6) is -2.14. The molecule has 1 aromatic carbocycles. The van der Waals surface area contributed by atoms with Gasteiger partial charge in [-0.05, 0) is 30.3 Å². The van der Waals surface area contributed by atoms with Crippen LogP contribution in [0.4, 0.5) is 14.5 Å². The van der Waals surface area contributed by atoms with Gasteiger partial charge in [0, 0.05) is 19.3 Å². The molecular formula is C18H13Cl2F2N3O. The van der Waals surface area contributed by atoms with Crippen LogP contribution in [-0.2, 0) is 13.6 Å². The molecule has 8 heteroatoms. The van der Waals surface area contributed by atoms with E-state index in [1.54, 1.807) is 31.4 Å². The normalized spacial score (nSPS) is 10.8. The smallest absolute Gasteiger partial charge is 0.275 e. The van der Waals surface area contributed by atoms with E-state index in [4.69, 9.17) is 23.2 Å². The van der Waals surface area contributed by atoms with Crippen molar-refractivity contribution < 1.29 is 13.6 Å². The van der Waals surface area contributed by atoms with Crippen LogP contribution in [0.3, 0.4) is 0 Å². The van der Waals surface area contributed by atoms with Gasteiger partial charge in [-0.25, -0.2) is 8.78 Å². The van der Waals surface area contributed by atoms with Gasteiger partial charge in [0.2, 0.25) is 0 Å². The molecule has 0 bridgehead atoms. The molecule has 2 aromatic heterocycles. The Balaban J connectivity index is 2.07. The third kappa shape index (κ3) is 3.57. The average Bonchev–Trinajstić information content (AvgIpc) is 2.88. The Bertz CT molecular complexity index is 961. The van der Waals surface area contributed by atoms with Crippen molar-refractivity contribution in [2.45, 2.75) is 6.54 Å². The number of rotatable bonds is 4. The molecule has 0 atom stereocenters. The summed E-state index contributed by atoms with van der Waals surface area (Å²) in [5.41, 5.74) is 0.631. The summed E-state index contributed by atoms with van der Waals surface area (Å²) in [6, 6.07) is 9.59. The minimum absolute atomic E-state index is 0.0113. The van der Waals surface area contributed by atoms with E-state index in [1.165, 1.54) is 21.6 Å². The van der Waals surface area contributed by atoms with Crippen LogP contribution < -0.4 is 4.90 Å². The summed E-state index contributed by atoms with van der Waals surface area (Å²) in [6.45, 7) is -0.0113. The molecule has 0 N–H and O–H groups in total. The van der Waals surface area contributed by atoms with Gasteiger partial charge in [0.25, 0.3) is 5.91 Å². The molecule has 0 aliphatic heterocycles. The number of hydrogen-bond donors (Lipinski definition) is 0. The zero-order valence-corrected chi connectivity index (χ0v) is 15.1. The first-order valence-electron chi connectivity index (χ1n) is 7.56. The van der Waals surface area contributed by atoms with Gasteiger partial charge < -0.3 is 4.57 Å². The molecule has 0 aliphatic rings. The number of benzene rings is 1. The number of anilines is 1. The number of carbonyl (C=O) groups excluding carboxylic acids is 1. The van der Waals surface area contributed by atoms with E-state index in [1.807, 2.05) is 0 Å². The van der Waals surface area contributed by atoms with Crippen molar-refractivity contribution in [1.29, 1.82) is 0 Å². The highest BCUT2D eigenvalue weighted by atomic mass is 35.5. The highest BCUT2D eigenvalue weighted by molar-refractivity contribution is 6.42. The van der Waals surface area contributed by atoms with Gasteiger partial charge in [-0.3, -0.25) is 14.7 Å². The number of halogens is 4. The second-order valence-corrected chi connectivity index (χ2v) is 6.30. The molecule has 3 rings (SSSR count). The van der Waals surface area contributed by atoms with Gasteiger partial charge in [0.15, 0.2) is 0 Å². The van der Waals surface area contributed by atoms with Crippen LogP contribution in [0.15, 0.2) is 48.7 Å². The van der Waals surface area contributed by atoms with Gasteiger partial charge >= 0.3 is 0 Å². The van der Waals surface area contributed by atoms with Crippen molar-refractivity contribution in [3.63, 3.8) is 0 Å².